The van der Waals surface area contributed by atoms with E-state index in [1.807, 2.05) is 30.3 Å². The van der Waals surface area contributed by atoms with Crippen LogP contribution in [0.4, 0.5) is 10.5 Å². The summed E-state index contributed by atoms with van der Waals surface area (Å²) in [5.74, 6) is 0.0376. The van der Waals surface area contributed by atoms with Gasteiger partial charge in [-0.3, -0.25) is 4.79 Å². The van der Waals surface area contributed by atoms with Gasteiger partial charge >= 0.3 is 6.03 Å². The third-order valence-electron chi connectivity index (χ3n) is 4.04. The van der Waals surface area contributed by atoms with E-state index in [1.54, 1.807) is 4.90 Å². The Morgan fingerprint density at radius 2 is 2.14 bits per heavy atom. The standard InChI is InChI=1S/C16H21N3O3/c20-15-9-12(11-19(15)13-5-2-1-3-6-13)18-16(21)17-10-14-7-4-8-22-14/h1-3,5-6,12,14H,4,7-11H2,(H2,17,18,21)/t12-,14+/m1/s1. The zero-order valence-corrected chi connectivity index (χ0v) is 12.5. The second-order valence-electron chi connectivity index (χ2n) is 5.73. The van der Waals surface area contributed by atoms with Crippen molar-refractivity contribution in [2.75, 3.05) is 24.6 Å². The molecule has 2 saturated heterocycles. The summed E-state index contributed by atoms with van der Waals surface area (Å²) in [7, 11) is 0. The molecule has 2 N–H and O–H groups in total. The fourth-order valence-electron chi connectivity index (χ4n) is 2.91. The van der Waals surface area contributed by atoms with E-state index >= 15 is 0 Å². The van der Waals surface area contributed by atoms with Crippen molar-refractivity contribution in [2.24, 2.45) is 0 Å². The van der Waals surface area contributed by atoms with Gasteiger partial charge in [-0.2, -0.15) is 0 Å². The molecule has 0 radical (unpaired) electrons. The molecule has 0 spiro atoms. The van der Waals surface area contributed by atoms with Crippen molar-refractivity contribution in [2.45, 2.75) is 31.4 Å². The first-order chi connectivity index (χ1) is 10.7. The number of amides is 3. The summed E-state index contributed by atoms with van der Waals surface area (Å²) < 4.78 is 5.46. The van der Waals surface area contributed by atoms with Gasteiger partial charge < -0.3 is 20.3 Å². The maximum absolute atomic E-state index is 12.1. The average molecular weight is 303 g/mol. The second kappa shape index (κ2) is 6.79. The van der Waals surface area contributed by atoms with Crippen LogP contribution in [0.2, 0.25) is 0 Å². The Labute approximate surface area is 129 Å². The maximum Gasteiger partial charge on any atom is 0.315 e. The van der Waals surface area contributed by atoms with Crippen molar-refractivity contribution in [3.8, 4) is 0 Å². The first-order valence-electron chi connectivity index (χ1n) is 7.74. The van der Waals surface area contributed by atoms with E-state index < -0.39 is 0 Å². The first-order valence-corrected chi connectivity index (χ1v) is 7.74. The minimum Gasteiger partial charge on any atom is -0.376 e. The molecule has 0 aliphatic carbocycles. The summed E-state index contributed by atoms with van der Waals surface area (Å²) in [5, 5.41) is 5.68. The number of carbonyl (C=O) groups excluding carboxylic acids is 2. The van der Waals surface area contributed by atoms with Crippen LogP contribution in [-0.2, 0) is 9.53 Å². The first kappa shape index (κ1) is 14.8. The quantitative estimate of drug-likeness (QED) is 0.880. The van der Waals surface area contributed by atoms with Gasteiger partial charge in [-0.05, 0) is 25.0 Å². The van der Waals surface area contributed by atoms with Crippen molar-refractivity contribution >= 4 is 17.6 Å². The van der Waals surface area contributed by atoms with E-state index in [1.165, 1.54) is 0 Å². The molecule has 0 bridgehead atoms. The van der Waals surface area contributed by atoms with E-state index in [0.29, 0.717) is 19.5 Å². The van der Waals surface area contributed by atoms with E-state index in [-0.39, 0.29) is 24.1 Å². The van der Waals surface area contributed by atoms with Crippen molar-refractivity contribution in [1.29, 1.82) is 0 Å². The summed E-state index contributed by atoms with van der Waals surface area (Å²) in [6.07, 6.45) is 2.50. The molecule has 2 aliphatic rings. The molecule has 1 aromatic rings. The number of para-hydroxylation sites is 1. The highest BCUT2D eigenvalue weighted by Crippen LogP contribution is 2.20. The van der Waals surface area contributed by atoms with Gasteiger partial charge in [0.2, 0.25) is 5.91 Å². The third-order valence-corrected chi connectivity index (χ3v) is 4.04. The van der Waals surface area contributed by atoms with Crippen LogP contribution < -0.4 is 15.5 Å². The second-order valence-corrected chi connectivity index (χ2v) is 5.73. The van der Waals surface area contributed by atoms with E-state index in [0.717, 1.165) is 25.1 Å². The van der Waals surface area contributed by atoms with Crippen LogP contribution in [0.1, 0.15) is 19.3 Å². The smallest absolute Gasteiger partial charge is 0.315 e. The summed E-state index contributed by atoms with van der Waals surface area (Å²) in [6, 6.07) is 9.13. The molecule has 2 aliphatic heterocycles. The van der Waals surface area contributed by atoms with Crippen molar-refractivity contribution < 1.29 is 14.3 Å². The molecule has 3 rings (SSSR count). The Balaban J connectivity index is 1.47. The van der Waals surface area contributed by atoms with Gasteiger partial charge in [0.15, 0.2) is 0 Å². The minimum atomic E-state index is -0.233. The van der Waals surface area contributed by atoms with E-state index in [9.17, 15) is 9.59 Å². The SMILES string of the molecule is O=C(NC[C@@H]1CCCO1)N[C@@H]1CC(=O)N(c2ccccc2)C1. The van der Waals surface area contributed by atoms with Crippen molar-refractivity contribution in [1.82, 2.24) is 10.6 Å². The monoisotopic (exact) mass is 303 g/mol. The van der Waals surface area contributed by atoms with E-state index in [2.05, 4.69) is 10.6 Å². The third kappa shape index (κ3) is 3.57. The fraction of sp³-hybridized carbons (Fsp3) is 0.500. The van der Waals surface area contributed by atoms with Crippen LogP contribution in [0.15, 0.2) is 30.3 Å². The van der Waals surface area contributed by atoms with Gasteiger partial charge in [0.05, 0.1) is 12.1 Å². The molecule has 2 atom stereocenters. The molecule has 22 heavy (non-hydrogen) atoms. The number of urea groups is 1. The number of hydrogen-bond acceptors (Lipinski definition) is 3. The lowest BCUT2D eigenvalue weighted by Gasteiger charge is -2.18. The molecule has 3 amide bonds. The van der Waals surface area contributed by atoms with Crippen LogP contribution in [0.5, 0.6) is 0 Å². The number of carbonyl (C=O) groups is 2. The summed E-state index contributed by atoms with van der Waals surface area (Å²) >= 11 is 0. The van der Waals surface area contributed by atoms with Crippen molar-refractivity contribution in [3.63, 3.8) is 0 Å². The van der Waals surface area contributed by atoms with Crippen LogP contribution in [0, 0.1) is 0 Å². The van der Waals surface area contributed by atoms with Gasteiger partial charge in [-0.25, -0.2) is 4.79 Å². The van der Waals surface area contributed by atoms with Gasteiger partial charge in [0.25, 0.3) is 0 Å². The van der Waals surface area contributed by atoms with Gasteiger partial charge in [0, 0.05) is 31.8 Å². The number of rotatable bonds is 4. The lowest BCUT2D eigenvalue weighted by Crippen LogP contribution is -2.45. The Morgan fingerprint density at radius 3 is 2.86 bits per heavy atom. The Hall–Kier alpha value is -2.08. The van der Waals surface area contributed by atoms with Gasteiger partial charge in [-0.15, -0.1) is 0 Å². The molecule has 0 unspecified atom stereocenters. The molecular formula is C16H21N3O3. The Bertz CT molecular complexity index is 529. The lowest BCUT2D eigenvalue weighted by molar-refractivity contribution is -0.117. The van der Waals surface area contributed by atoms with Crippen molar-refractivity contribution in [3.05, 3.63) is 30.3 Å². The molecule has 1 aromatic carbocycles. The van der Waals surface area contributed by atoms with Gasteiger partial charge in [-0.1, -0.05) is 18.2 Å². The predicted molar refractivity (Wildman–Crippen MR) is 82.7 cm³/mol. The normalized spacial score (nSPS) is 24.5. The van der Waals surface area contributed by atoms with Crippen LogP contribution >= 0.6 is 0 Å². The number of hydrogen-bond donors (Lipinski definition) is 2. The number of nitrogens with one attached hydrogen (secondary N) is 2. The Kier molecular flexibility index (Phi) is 4.58. The number of nitrogens with zero attached hydrogens (tertiary/aromatic N) is 1. The molecule has 118 valence electrons. The molecule has 0 aromatic heterocycles. The minimum absolute atomic E-state index is 0.0376. The topological polar surface area (TPSA) is 70.7 Å². The Morgan fingerprint density at radius 1 is 1.32 bits per heavy atom. The highest BCUT2D eigenvalue weighted by Gasteiger charge is 2.31. The summed E-state index contributed by atoms with van der Waals surface area (Å²) in [5.41, 5.74) is 0.872. The molecule has 2 heterocycles. The zero-order valence-electron chi connectivity index (χ0n) is 12.5. The fourth-order valence-corrected chi connectivity index (χ4v) is 2.91. The number of anilines is 1. The summed E-state index contributed by atoms with van der Waals surface area (Å²) in [6.45, 7) is 1.81. The van der Waals surface area contributed by atoms with Gasteiger partial charge in [0.1, 0.15) is 0 Å². The highest BCUT2D eigenvalue weighted by molar-refractivity contribution is 5.96. The van der Waals surface area contributed by atoms with Crippen LogP contribution in [0.25, 0.3) is 0 Å². The predicted octanol–water partition coefficient (Wildman–Crippen LogP) is 1.27. The van der Waals surface area contributed by atoms with Crippen LogP contribution in [-0.4, -0.2) is 43.8 Å². The molecule has 0 saturated carbocycles. The number of ether oxygens (including phenoxy) is 1. The lowest BCUT2D eigenvalue weighted by atomic mass is 10.2. The molecule has 6 nitrogen and oxygen atoms in total. The molecule has 6 heteroatoms. The maximum atomic E-state index is 12.1. The zero-order chi connectivity index (χ0) is 15.4. The molecule has 2 fully saturated rings. The number of benzene rings is 1. The average Bonchev–Trinajstić information content (AvgIpc) is 3.16. The molecular weight excluding hydrogens is 282 g/mol. The summed E-state index contributed by atoms with van der Waals surface area (Å²) in [4.78, 5) is 25.7. The highest BCUT2D eigenvalue weighted by atomic mass is 16.5. The van der Waals surface area contributed by atoms with E-state index in [4.69, 9.17) is 4.74 Å². The van der Waals surface area contributed by atoms with Crippen LogP contribution in [0.3, 0.4) is 0 Å². The largest absolute Gasteiger partial charge is 0.376 e.